The van der Waals surface area contributed by atoms with Crippen molar-refractivity contribution in [1.82, 2.24) is 14.9 Å². The van der Waals surface area contributed by atoms with Gasteiger partial charge < -0.3 is 10.2 Å². The van der Waals surface area contributed by atoms with Gasteiger partial charge in [-0.25, -0.2) is 4.98 Å². The molecule has 1 N–H and O–H groups in total. The summed E-state index contributed by atoms with van der Waals surface area (Å²) in [7, 11) is 0. The fourth-order valence-corrected chi connectivity index (χ4v) is 2.75. The summed E-state index contributed by atoms with van der Waals surface area (Å²) < 4.78 is 0. The topological polar surface area (TPSA) is 61.4 Å². The number of amides is 1. The minimum atomic E-state index is -0.0276. The second-order valence-electron chi connectivity index (χ2n) is 5.39. The van der Waals surface area contributed by atoms with Crippen molar-refractivity contribution in [1.29, 1.82) is 0 Å². The fraction of sp³-hybridized carbons (Fsp3) is 0.312. The Morgan fingerprint density at radius 3 is 2.74 bits per heavy atom. The van der Waals surface area contributed by atoms with Crippen molar-refractivity contribution in [3.63, 3.8) is 0 Å². The molecule has 2 heterocycles. The average Bonchev–Trinajstić information content (AvgIpc) is 2.56. The lowest BCUT2D eigenvalue weighted by molar-refractivity contribution is -0.117. The largest absolute Gasteiger partial charge is 0.353 e. The first-order valence-corrected chi connectivity index (χ1v) is 7.87. The first-order chi connectivity index (χ1) is 11.2. The number of benzene rings is 1. The first-order valence-electron chi connectivity index (χ1n) is 7.49. The molecule has 0 spiro atoms. The number of rotatable bonds is 4. The smallest absolute Gasteiger partial charge is 0.238 e. The number of carbonyl (C=O) groups excluding carboxylic acids is 1. The van der Waals surface area contributed by atoms with Crippen LogP contribution in [-0.4, -0.2) is 53.5 Å². The maximum atomic E-state index is 12.1. The Bertz CT molecular complexity index is 659. The third-order valence-corrected chi connectivity index (χ3v) is 3.96. The monoisotopic (exact) mass is 331 g/mol. The van der Waals surface area contributed by atoms with Crippen LogP contribution in [0.25, 0.3) is 0 Å². The number of halogens is 1. The Kier molecular flexibility index (Phi) is 5.05. The van der Waals surface area contributed by atoms with Crippen LogP contribution in [0.2, 0.25) is 5.02 Å². The van der Waals surface area contributed by atoms with Crippen LogP contribution in [0.1, 0.15) is 0 Å². The van der Waals surface area contributed by atoms with Gasteiger partial charge in [-0.15, -0.1) is 0 Å². The summed E-state index contributed by atoms with van der Waals surface area (Å²) in [5.41, 5.74) is 0.723. The van der Waals surface area contributed by atoms with Gasteiger partial charge in [0.15, 0.2) is 0 Å². The highest BCUT2D eigenvalue weighted by molar-refractivity contribution is 6.30. The molecule has 3 rings (SSSR count). The maximum Gasteiger partial charge on any atom is 0.238 e. The normalized spacial score (nSPS) is 15.4. The number of hydrogen-bond acceptors (Lipinski definition) is 5. The van der Waals surface area contributed by atoms with E-state index in [2.05, 4.69) is 25.1 Å². The van der Waals surface area contributed by atoms with Crippen molar-refractivity contribution in [2.75, 3.05) is 42.9 Å². The van der Waals surface area contributed by atoms with Crippen LogP contribution in [0.15, 0.2) is 42.9 Å². The summed E-state index contributed by atoms with van der Waals surface area (Å²) in [6.45, 7) is 3.69. The van der Waals surface area contributed by atoms with Crippen molar-refractivity contribution in [3.05, 3.63) is 47.9 Å². The lowest BCUT2D eigenvalue weighted by Gasteiger charge is -2.34. The van der Waals surface area contributed by atoms with Crippen molar-refractivity contribution < 1.29 is 4.79 Å². The first kappa shape index (κ1) is 15.7. The molecule has 23 heavy (non-hydrogen) atoms. The molecule has 6 nitrogen and oxygen atoms in total. The highest BCUT2D eigenvalue weighted by Gasteiger charge is 2.19. The number of anilines is 2. The minimum Gasteiger partial charge on any atom is -0.353 e. The van der Waals surface area contributed by atoms with Crippen LogP contribution in [-0.2, 0) is 4.79 Å². The van der Waals surface area contributed by atoms with Gasteiger partial charge in [-0.1, -0.05) is 17.7 Å². The van der Waals surface area contributed by atoms with E-state index in [4.69, 9.17) is 11.6 Å². The van der Waals surface area contributed by atoms with Gasteiger partial charge in [0.2, 0.25) is 5.91 Å². The molecule has 1 amide bonds. The minimum absolute atomic E-state index is 0.0276. The zero-order chi connectivity index (χ0) is 16.1. The van der Waals surface area contributed by atoms with Gasteiger partial charge >= 0.3 is 0 Å². The highest BCUT2D eigenvalue weighted by Crippen LogP contribution is 2.15. The van der Waals surface area contributed by atoms with Gasteiger partial charge in [0.1, 0.15) is 5.82 Å². The number of hydrogen-bond donors (Lipinski definition) is 1. The number of nitrogens with one attached hydrogen (secondary N) is 1. The Balaban J connectivity index is 1.48. The van der Waals surface area contributed by atoms with Gasteiger partial charge in [0, 0.05) is 49.3 Å². The van der Waals surface area contributed by atoms with Crippen molar-refractivity contribution in [3.8, 4) is 0 Å². The van der Waals surface area contributed by atoms with E-state index in [1.54, 1.807) is 30.7 Å². The summed E-state index contributed by atoms with van der Waals surface area (Å²) in [5, 5.41) is 3.48. The van der Waals surface area contributed by atoms with Crippen LogP contribution >= 0.6 is 11.6 Å². The van der Waals surface area contributed by atoms with Crippen LogP contribution in [0.3, 0.4) is 0 Å². The van der Waals surface area contributed by atoms with E-state index < -0.39 is 0 Å². The van der Waals surface area contributed by atoms with Gasteiger partial charge in [0.25, 0.3) is 0 Å². The zero-order valence-electron chi connectivity index (χ0n) is 12.7. The van der Waals surface area contributed by atoms with Gasteiger partial charge in [-0.2, -0.15) is 0 Å². The number of carbonyl (C=O) groups is 1. The van der Waals surface area contributed by atoms with E-state index in [-0.39, 0.29) is 5.91 Å². The predicted molar refractivity (Wildman–Crippen MR) is 90.8 cm³/mol. The van der Waals surface area contributed by atoms with Crippen LogP contribution in [0, 0.1) is 0 Å². The van der Waals surface area contributed by atoms with Gasteiger partial charge in [-0.05, 0) is 18.2 Å². The molecule has 0 unspecified atom stereocenters. The molecule has 1 aliphatic heterocycles. The number of nitrogens with zero attached hydrogens (tertiary/aromatic N) is 4. The molecular formula is C16H18ClN5O. The SMILES string of the molecule is O=C(CN1CCN(c2cnccn2)CC1)Nc1cccc(Cl)c1. The summed E-state index contributed by atoms with van der Waals surface area (Å²) in [6, 6.07) is 7.17. The van der Waals surface area contributed by atoms with Gasteiger partial charge in [-0.3, -0.25) is 14.7 Å². The summed E-state index contributed by atoms with van der Waals surface area (Å²) in [6.07, 6.45) is 5.13. The maximum absolute atomic E-state index is 12.1. The Hall–Kier alpha value is -2.18. The summed E-state index contributed by atoms with van der Waals surface area (Å²) in [4.78, 5) is 24.8. The van der Waals surface area contributed by atoms with E-state index in [9.17, 15) is 4.79 Å². The molecule has 0 radical (unpaired) electrons. The fourth-order valence-electron chi connectivity index (χ4n) is 2.56. The summed E-state index contributed by atoms with van der Waals surface area (Å²) >= 11 is 5.92. The van der Waals surface area contributed by atoms with E-state index in [1.165, 1.54) is 0 Å². The molecule has 1 aromatic heterocycles. The second kappa shape index (κ2) is 7.39. The molecule has 1 fully saturated rings. The molecule has 0 saturated carbocycles. The predicted octanol–water partition coefficient (Wildman–Crippen LogP) is 1.89. The van der Waals surface area contributed by atoms with Gasteiger partial charge in [0.05, 0.1) is 12.7 Å². The van der Waals surface area contributed by atoms with E-state index in [1.807, 2.05) is 12.1 Å². The molecule has 0 aliphatic carbocycles. The third kappa shape index (κ3) is 4.40. The quantitative estimate of drug-likeness (QED) is 0.927. The lowest BCUT2D eigenvalue weighted by atomic mass is 10.3. The molecule has 120 valence electrons. The molecule has 1 aromatic carbocycles. The molecule has 1 aliphatic rings. The third-order valence-electron chi connectivity index (χ3n) is 3.72. The van der Waals surface area contributed by atoms with E-state index in [0.717, 1.165) is 37.7 Å². The molecule has 7 heteroatoms. The van der Waals surface area contributed by atoms with E-state index in [0.29, 0.717) is 11.6 Å². The Morgan fingerprint density at radius 2 is 2.04 bits per heavy atom. The lowest BCUT2D eigenvalue weighted by Crippen LogP contribution is -2.48. The summed E-state index contributed by atoms with van der Waals surface area (Å²) in [5.74, 6) is 0.857. The zero-order valence-corrected chi connectivity index (χ0v) is 13.4. The van der Waals surface area contributed by atoms with E-state index >= 15 is 0 Å². The molecular weight excluding hydrogens is 314 g/mol. The van der Waals surface area contributed by atoms with Crippen LogP contribution in [0.5, 0.6) is 0 Å². The van der Waals surface area contributed by atoms with Crippen LogP contribution < -0.4 is 10.2 Å². The molecule has 0 atom stereocenters. The van der Waals surface area contributed by atoms with Crippen molar-refractivity contribution in [2.45, 2.75) is 0 Å². The van der Waals surface area contributed by atoms with Crippen molar-refractivity contribution in [2.24, 2.45) is 0 Å². The average molecular weight is 332 g/mol. The standard InChI is InChI=1S/C16H18ClN5O/c17-13-2-1-3-14(10-13)20-16(23)12-21-6-8-22(9-7-21)15-11-18-4-5-19-15/h1-5,10-11H,6-9,12H2,(H,20,23). The van der Waals surface area contributed by atoms with Crippen LogP contribution in [0.4, 0.5) is 11.5 Å². The number of piperazine rings is 1. The molecule has 2 aromatic rings. The second-order valence-corrected chi connectivity index (χ2v) is 5.82. The number of aromatic nitrogens is 2. The van der Waals surface area contributed by atoms with Crippen molar-refractivity contribution >= 4 is 29.0 Å². The molecule has 0 bridgehead atoms. The Labute approximate surface area is 140 Å². The molecule has 1 saturated heterocycles. The Morgan fingerprint density at radius 1 is 1.22 bits per heavy atom. The highest BCUT2D eigenvalue weighted by atomic mass is 35.5.